The Balaban J connectivity index is 1.42. The third-order valence-corrected chi connectivity index (χ3v) is 4.69. The van der Waals surface area contributed by atoms with E-state index in [0.29, 0.717) is 45.3 Å². The van der Waals surface area contributed by atoms with Crippen LogP contribution in [0.1, 0.15) is 32.5 Å². The summed E-state index contributed by atoms with van der Waals surface area (Å²) in [7, 11) is 0. The van der Waals surface area contributed by atoms with Gasteiger partial charge in [0.05, 0.1) is 26.3 Å². The zero-order valence-electron chi connectivity index (χ0n) is 15.5. The lowest BCUT2D eigenvalue weighted by molar-refractivity contribution is -0.136. The first kappa shape index (κ1) is 18.3. The summed E-state index contributed by atoms with van der Waals surface area (Å²) in [5, 5.41) is 4.08. The first-order chi connectivity index (χ1) is 11.9. The lowest BCUT2D eigenvalue weighted by Crippen LogP contribution is -2.51. The molecule has 0 unspecified atom stereocenters. The Hall–Kier alpha value is -1.51. The van der Waals surface area contributed by atoms with Crippen LogP contribution in [-0.4, -0.2) is 89.8 Å². The Morgan fingerprint density at radius 3 is 2.28 bits per heavy atom. The fourth-order valence-electron chi connectivity index (χ4n) is 3.02. The van der Waals surface area contributed by atoms with Crippen molar-refractivity contribution in [3.63, 3.8) is 0 Å². The second-order valence-corrected chi connectivity index (χ2v) is 7.81. The molecule has 2 fully saturated rings. The van der Waals surface area contributed by atoms with E-state index in [2.05, 4.69) is 40.7 Å². The summed E-state index contributed by atoms with van der Waals surface area (Å²) in [5.74, 6) is 1.63. The van der Waals surface area contributed by atoms with Gasteiger partial charge in [0.25, 0.3) is 0 Å². The average Bonchev–Trinajstić information content (AvgIpc) is 3.06. The fourth-order valence-corrected chi connectivity index (χ4v) is 3.02. The molecule has 0 bridgehead atoms. The number of morpholine rings is 1. The van der Waals surface area contributed by atoms with Crippen LogP contribution in [0, 0.1) is 0 Å². The molecule has 0 N–H and O–H groups in total. The van der Waals surface area contributed by atoms with Crippen LogP contribution in [0.3, 0.4) is 0 Å². The third kappa shape index (κ3) is 4.99. The van der Waals surface area contributed by atoms with Crippen molar-refractivity contribution in [2.75, 3.05) is 59.0 Å². The number of ether oxygens (including phenoxy) is 1. The standard InChI is InChI=1S/C17H29N5O3/c1-17(2,3)16-18-14(25-19-16)12-20-4-6-21(7-5-20)13-15(23)22-8-10-24-11-9-22/h4-13H2,1-3H3. The molecular formula is C17H29N5O3. The molecule has 0 saturated carbocycles. The summed E-state index contributed by atoms with van der Waals surface area (Å²) < 4.78 is 10.7. The van der Waals surface area contributed by atoms with Crippen LogP contribution in [-0.2, 0) is 21.5 Å². The summed E-state index contributed by atoms with van der Waals surface area (Å²) in [4.78, 5) is 23.2. The number of carbonyl (C=O) groups is 1. The van der Waals surface area contributed by atoms with E-state index in [-0.39, 0.29) is 11.3 Å². The smallest absolute Gasteiger partial charge is 0.240 e. The van der Waals surface area contributed by atoms with E-state index in [1.165, 1.54) is 0 Å². The number of rotatable bonds is 4. The lowest BCUT2D eigenvalue weighted by Gasteiger charge is -2.35. The van der Waals surface area contributed by atoms with Gasteiger partial charge in [0.15, 0.2) is 5.82 Å². The molecule has 2 aliphatic rings. The molecule has 3 heterocycles. The van der Waals surface area contributed by atoms with Crippen LogP contribution < -0.4 is 0 Å². The van der Waals surface area contributed by atoms with Crippen molar-refractivity contribution in [1.29, 1.82) is 0 Å². The first-order valence-corrected chi connectivity index (χ1v) is 9.05. The van der Waals surface area contributed by atoms with Gasteiger partial charge < -0.3 is 14.2 Å². The van der Waals surface area contributed by atoms with E-state index in [9.17, 15) is 4.79 Å². The number of piperazine rings is 1. The van der Waals surface area contributed by atoms with Gasteiger partial charge in [-0.3, -0.25) is 14.6 Å². The Bertz CT molecular complexity index is 569. The minimum absolute atomic E-state index is 0.0969. The highest BCUT2D eigenvalue weighted by Gasteiger charge is 2.25. The monoisotopic (exact) mass is 351 g/mol. The predicted molar refractivity (Wildman–Crippen MR) is 92.1 cm³/mol. The van der Waals surface area contributed by atoms with Crippen molar-refractivity contribution in [3.05, 3.63) is 11.7 Å². The molecule has 1 aromatic heterocycles. The minimum Gasteiger partial charge on any atom is -0.378 e. The Morgan fingerprint density at radius 2 is 1.68 bits per heavy atom. The summed E-state index contributed by atoms with van der Waals surface area (Å²) in [6, 6.07) is 0. The number of hydrogen-bond donors (Lipinski definition) is 0. The Kier molecular flexibility index (Phi) is 5.71. The van der Waals surface area contributed by atoms with Gasteiger partial charge in [0.2, 0.25) is 11.8 Å². The first-order valence-electron chi connectivity index (χ1n) is 9.05. The van der Waals surface area contributed by atoms with Crippen LogP contribution in [0.4, 0.5) is 0 Å². The highest BCUT2D eigenvalue weighted by Crippen LogP contribution is 2.19. The summed E-state index contributed by atoms with van der Waals surface area (Å²) in [6.45, 7) is 13.7. The molecule has 8 heteroatoms. The van der Waals surface area contributed by atoms with E-state index in [4.69, 9.17) is 9.26 Å². The van der Waals surface area contributed by atoms with Gasteiger partial charge in [-0.1, -0.05) is 25.9 Å². The van der Waals surface area contributed by atoms with Gasteiger partial charge in [0, 0.05) is 44.7 Å². The summed E-state index contributed by atoms with van der Waals surface area (Å²) in [6.07, 6.45) is 0. The maximum absolute atomic E-state index is 12.3. The van der Waals surface area contributed by atoms with E-state index in [1.54, 1.807) is 0 Å². The lowest BCUT2D eigenvalue weighted by atomic mass is 9.96. The van der Waals surface area contributed by atoms with Crippen molar-refractivity contribution in [3.8, 4) is 0 Å². The normalized spacial score (nSPS) is 20.8. The minimum atomic E-state index is -0.0969. The molecule has 1 amide bonds. The second kappa shape index (κ2) is 7.80. The van der Waals surface area contributed by atoms with Crippen LogP contribution in [0.25, 0.3) is 0 Å². The van der Waals surface area contributed by atoms with Crippen LogP contribution in [0.5, 0.6) is 0 Å². The number of hydrogen-bond acceptors (Lipinski definition) is 7. The Morgan fingerprint density at radius 1 is 1.04 bits per heavy atom. The zero-order chi connectivity index (χ0) is 17.9. The summed E-state index contributed by atoms with van der Waals surface area (Å²) in [5.41, 5.74) is -0.0969. The van der Waals surface area contributed by atoms with Crippen LogP contribution in [0.2, 0.25) is 0 Å². The van der Waals surface area contributed by atoms with E-state index in [1.807, 2.05) is 4.90 Å². The van der Waals surface area contributed by atoms with Crippen LogP contribution >= 0.6 is 0 Å². The van der Waals surface area contributed by atoms with Crippen molar-refractivity contribution in [2.24, 2.45) is 0 Å². The van der Waals surface area contributed by atoms with Crippen molar-refractivity contribution < 1.29 is 14.1 Å². The molecule has 0 spiro atoms. The number of carbonyl (C=O) groups excluding carboxylic acids is 1. The van der Waals surface area contributed by atoms with Crippen molar-refractivity contribution in [1.82, 2.24) is 24.8 Å². The van der Waals surface area contributed by atoms with Gasteiger partial charge in [0.1, 0.15) is 0 Å². The molecule has 25 heavy (non-hydrogen) atoms. The highest BCUT2D eigenvalue weighted by atomic mass is 16.5. The van der Waals surface area contributed by atoms with Gasteiger partial charge in [-0.2, -0.15) is 4.98 Å². The Labute approximate surface area is 149 Å². The average molecular weight is 351 g/mol. The molecule has 0 atom stereocenters. The summed E-state index contributed by atoms with van der Waals surface area (Å²) >= 11 is 0. The molecule has 0 aromatic carbocycles. The molecule has 1 aromatic rings. The molecule has 2 aliphatic heterocycles. The molecule has 8 nitrogen and oxygen atoms in total. The van der Waals surface area contributed by atoms with Gasteiger partial charge >= 0.3 is 0 Å². The van der Waals surface area contributed by atoms with Gasteiger partial charge in [-0.25, -0.2) is 0 Å². The van der Waals surface area contributed by atoms with Crippen LogP contribution in [0.15, 0.2) is 4.52 Å². The number of nitrogens with zero attached hydrogens (tertiary/aromatic N) is 5. The molecule has 2 saturated heterocycles. The maximum atomic E-state index is 12.3. The largest absolute Gasteiger partial charge is 0.378 e. The molecule has 140 valence electrons. The maximum Gasteiger partial charge on any atom is 0.240 e. The SMILES string of the molecule is CC(C)(C)c1noc(CN2CCN(CC(=O)N3CCOCC3)CC2)n1. The number of amides is 1. The van der Waals surface area contributed by atoms with Crippen molar-refractivity contribution in [2.45, 2.75) is 32.7 Å². The molecule has 0 aliphatic carbocycles. The molecular weight excluding hydrogens is 322 g/mol. The zero-order valence-corrected chi connectivity index (χ0v) is 15.5. The topological polar surface area (TPSA) is 74.9 Å². The second-order valence-electron chi connectivity index (χ2n) is 7.81. The number of aromatic nitrogens is 2. The molecule has 0 radical (unpaired) electrons. The van der Waals surface area contributed by atoms with Gasteiger partial charge in [-0.15, -0.1) is 0 Å². The van der Waals surface area contributed by atoms with E-state index >= 15 is 0 Å². The third-order valence-electron chi connectivity index (χ3n) is 4.69. The quantitative estimate of drug-likeness (QED) is 0.774. The highest BCUT2D eigenvalue weighted by molar-refractivity contribution is 5.78. The fraction of sp³-hybridized carbons (Fsp3) is 0.824. The van der Waals surface area contributed by atoms with Crippen molar-refractivity contribution >= 4 is 5.91 Å². The van der Waals surface area contributed by atoms with E-state index in [0.717, 1.165) is 32.0 Å². The predicted octanol–water partition coefficient (Wildman–Crippen LogP) is 0.344. The van der Waals surface area contributed by atoms with Gasteiger partial charge in [-0.05, 0) is 0 Å². The van der Waals surface area contributed by atoms with E-state index < -0.39 is 0 Å². The molecule has 3 rings (SSSR count).